The van der Waals surface area contributed by atoms with Crippen LogP contribution in [0.2, 0.25) is 0 Å². The topological polar surface area (TPSA) is 9.23 Å². The maximum atomic E-state index is 5.82. The smallest absolute Gasteiger partial charge is 0.120 e. The van der Waals surface area contributed by atoms with E-state index in [9.17, 15) is 0 Å². The summed E-state index contributed by atoms with van der Waals surface area (Å²) in [6, 6.07) is 8.52. The molecule has 0 amide bonds. The first-order valence-corrected chi connectivity index (χ1v) is 5.33. The van der Waals surface area contributed by atoms with Gasteiger partial charge in [0.25, 0.3) is 0 Å². The van der Waals surface area contributed by atoms with Crippen LogP contribution in [0.15, 0.2) is 24.3 Å². The molecule has 2 rings (SSSR count). The van der Waals surface area contributed by atoms with Crippen LogP contribution in [-0.4, -0.2) is 5.60 Å². The fourth-order valence-electron chi connectivity index (χ4n) is 1.60. The van der Waals surface area contributed by atoms with E-state index in [-0.39, 0.29) is 13.0 Å². The summed E-state index contributed by atoms with van der Waals surface area (Å²) in [6.45, 7) is 6.24. The first-order chi connectivity index (χ1) is 6.54. The van der Waals surface area contributed by atoms with Gasteiger partial charge in [0, 0.05) is 0 Å². The third kappa shape index (κ3) is 3.58. The van der Waals surface area contributed by atoms with E-state index in [1.165, 1.54) is 18.4 Å². The molecule has 0 radical (unpaired) electrons. The van der Waals surface area contributed by atoms with Gasteiger partial charge >= 0.3 is 0 Å². The summed E-state index contributed by atoms with van der Waals surface area (Å²) < 4.78 is 5.82. The minimum atomic E-state index is -0.0951. The molecule has 1 aromatic rings. The second-order valence-corrected chi connectivity index (χ2v) is 5.06. The molecule has 1 nitrogen and oxygen atoms in total. The van der Waals surface area contributed by atoms with Crippen LogP contribution in [0.4, 0.5) is 0 Å². The Morgan fingerprint density at radius 2 is 1.87 bits per heavy atom. The Labute approximate surface area is 93.5 Å². The van der Waals surface area contributed by atoms with Gasteiger partial charge in [-0.15, -0.1) is 0 Å². The van der Waals surface area contributed by atoms with Crippen molar-refractivity contribution < 1.29 is 4.74 Å². The van der Waals surface area contributed by atoms with Gasteiger partial charge in [-0.05, 0) is 57.2 Å². The lowest BCUT2D eigenvalue weighted by atomic mass is 10.1. The maximum Gasteiger partial charge on any atom is 0.120 e. The van der Waals surface area contributed by atoms with Crippen molar-refractivity contribution in [3.63, 3.8) is 0 Å². The number of hydrogen-bond donors (Lipinski definition) is 0. The van der Waals surface area contributed by atoms with Gasteiger partial charge in [-0.3, -0.25) is 0 Å². The van der Waals surface area contributed by atoms with E-state index in [2.05, 4.69) is 39.0 Å². The van der Waals surface area contributed by atoms with Gasteiger partial charge in [0.05, 0.1) is 0 Å². The summed E-state index contributed by atoms with van der Waals surface area (Å²) in [5.41, 5.74) is 1.34. The second kappa shape index (κ2) is 4.26. The molecule has 1 aliphatic carbocycles. The lowest BCUT2D eigenvalue weighted by Crippen LogP contribution is -2.22. The van der Waals surface area contributed by atoms with Crippen LogP contribution in [0.25, 0.3) is 0 Å². The molecule has 0 saturated heterocycles. The minimum absolute atomic E-state index is 0. The number of benzene rings is 1. The molecule has 1 saturated carbocycles. The summed E-state index contributed by atoms with van der Waals surface area (Å²) in [5.74, 6) is 1.81. The molecule has 0 aromatic heterocycles. The van der Waals surface area contributed by atoms with E-state index in [1.54, 1.807) is 0 Å². The lowest BCUT2D eigenvalue weighted by molar-refractivity contribution is 0.131. The fraction of sp³-hybridized carbons (Fsp3) is 0.571. The fourth-order valence-corrected chi connectivity index (χ4v) is 1.60. The molecule has 0 atom stereocenters. The largest absolute Gasteiger partial charge is 0.488 e. The highest BCUT2D eigenvalue weighted by molar-refractivity contribution is 5.33. The molecule has 0 aliphatic heterocycles. The number of rotatable bonds is 2. The van der Waals surface area contributed by atoms with Gasteiger partial charge in [0.2, 0.25) is 0 Å². The van der Waals surface area contributed by atoms with Crippen molar-refractivity contribution in [2.75, 3.05) is 0 Å². The third-order valence-electron chi connectivity index (χ3n) is 2.33. The lowest BCUT2D eigenvalue weighted by Gasteiger charge is -2.21. The SMILES string of the molecule is C.CC(C)(C)Oc1cccc(C2CC2)c1. The van der Waals surface area contributed by atoms with Crippen LogP contribution in [0.1, 0.15) is 52.5 Å². The van der Waals surface area contributed by atoms with Gasteiger partial charge < -0.3 is 4.74 Å². The van der Waals surface area contributed by atoms with Crippen molar-refractivity contribution in [2.45, 2.75) is 52.6 Å². The summed E-state index contributed by atoms with van der Waals surface area (Å²) >= 11 is 0. The van der Waals surface area contributed by atoms with Crippen LogP contribution in [0.5, 0.6) is 5.75 Å². The van der Waals surface area contributed by atoms with Crippen LogP contribution in [-0.2, 0) is 0 Å². The molecule has 0 spiro atoms. The average molecular weight is 206 g/mol. The van der Waals surface area contributed by atoms with E-state index < -0.39 is 0 Å². The highest BCUT2D eigenvalue weighted by atomic mass is 16.5. The van der Waals surface area contributed by atoms with E-state index in [0.717, 1.165) is 11.7 Å². The summed E-state index contributed by atoms with van der Waals surface area (Å²) in [6.07, 6.45) is 2.69. The Hall–Kier alpha value is -0.980. The van der Waals surface area contributed by atoms with E-state index >= 15 is 0 Å². The van der Waals surface area contributed by atoms with Gasteiger partial charge in [0.15, 0.2) is 0 Å². The van der Waals surface area contributed by atoms with Crippen molar-refractivity contribution >= 4 is 0 Å². The average Bonchev–Trinajstić information content (AvgIpc) is 2.83. The van der Waals surface area contributed by atoms with Crippen LogP contribution in [0, 0.1) is 0 Å². The zero-order chi connectivity index (χ0) is 10.2. The van der Waals surface area contributed by atoms with Gasteiger partial charge in [-0.2, -0.15) is 0 Å². The zero-order valence-electron chi connectivity index (χ0n) is 9.21. The van der Waals surface area contributed by atoms with Crippen molar-refractivity contribution in [2.24, 2.45) is 0 Å². The normalized spacial score (nSPS) is 15.7. The van der Waals surface area contributed by atoms with E-state index in [4.69, 9.17) is 4.74 Å². The highest BCUT2D eigenvalue weighted by Gasteiger charge is 2.24. The number of hydrogen-bond acceptors (Lipinski definition) is 1. The van der Waals surface area contributed by atoms with Crippen LogP contribution < -0.4 is 4.74 Å². The summed E-state index contributed by atoms with van der Waals surface area (Å²) in [7, 11) is 0. The minimum Gasteiger partial charge on any atom is -0.488 e. The Morgan fingerprint density at radius 1 is 1.20 bits per heavy atom. The molecule has 1 aliphatic rings. The van der Waals surface area contributed by atoms with Gasteiger partial charge in [-0.1, -0.05) is 19.6 Å². The predicted octanol–water partition coefficient (Wildman–Crippen LogP) is 4.38. The van der Waals surface area contributed by atoms with Crippen molar-refractivity contribution in [1.29, 1.82) is 0 Å². The molecule has 1 heteroatoms. The highest BCUT2D eigenvalue weighted by Crippen LogP contribution is 2.41. The molecule has 0 unspecified atom stereocenters. The molecule has 84 valence electrons. The molecular weight excluding hydrogens is 184 g/mol. The Morgan fingerprint density at radius 3 is 2.40 bits per heavy atom. The first-order valence-electron chi connectivity index (χ1n) is 5.33. The number of ether oxygens (including phenoxy) is 1. The molecule has 15 heavy (non-hydrogen) atoms. The van der Waals surface area contributed by atoms with E-state index in [0.29, 0.717) is 0 Å². The van der Waals surface area contributed by atoms with Crippen molar-refractivity contribution in [3.05, 3.63) is 29.8 Å². The second-order valence-electron chi connectivity index (χ2n) is 5.06. The van der Waals surface area contributed by atoms with Crippen LogP contribution in [0.3, 0.4) is 0 Å². The van der Waals surface area contributed by atoms with E-state index in [1.807, 2.05) is 6.07 Å². The standard InChI is InChI=1S/C13H18O.CH4/c1-13(2,3)14-12-6-4-5-11(9-12)10-7-8-10;/h4-6,9-10H,7-8H2,1-3H3;1H4. The molecule has 1 fully saturated rings. The third-order valence-corrected chi connectivity index (χ3v) is 2.33. The molecule has 1 aromatic carbocycles. The van der Waals surface area contributed by atoms with Gasteiger partial charge in [0.1, 0.15) is 11.4 Å². The first kappa shape index (κ1) is 12.1. The summed E-state index contributed by atoms with van der Waals surface area (Å²) in [5, 5.41) is 0. The van der Waals surface area contributed by atoms with Crippen molar-refractivity contribution in [3.8, 4) is 5.75 Å². The van der Waals surface area contributed by atoms with Gasteiger partial charge in [-0.25, -0.2) is 0 Å². The maximum absolute atomic E-state index is 5.82. The van der Waals surface area contributed by atoms with Crippen LogP contribution >= 0.6 is 0 Å². The quantitative estimate of drug-likeness (QED) is 0.698. The molecule has 0 N–H and O–H groups in total. The van der Waals surface area contributed by atoms with Crippen molar-refractivity contribution in [1.82, 2.24) is 0 Å². The predicted molar refractivity (Wildman–Crippen MR) is 65.5 cm³/mol. The molecule has 0 heterocycles. The Bertz CT molecular complexity index is 318. The Kier molecular flexibility index (Phi) is 3.43. The molecule has 0 bridgehead atoms. The monoisotopic (exact) mass is 206 g/mol. The summed E-state index contributed by atoms with van der Waals surface area (Å²) in [4.78, 5) is 0. The Balaban J connectivity index is 0.00000112. The zero-order valence-corrected chi connectivity index (χ0v) is 9.21. The molecular formula is C14H22O.